The summed E-state index contributed by atoms with van der Waals surface area (Å²) in [7, 11) is 1.20. The molecule has 0 rings (SSSR count). The van der Waals surface area contributed by atoms with E-state index in [1.165, 1.54) is 270 Å². The number of esters is 1. The Morgan fingerprint density at radius 3 is 1.09 bits per heavy atom. The van der Waals surface area contributed by atoms with Gasteiger partial charge in [-0.25, -0.2) is 0 Å². The Labute approximate surface area is 529 Å². The van der Waals surface area contributed by atoms with Crippen molar-refractivity contribution in [2.75, 3.05) is 40.9 Å². The molecule has 3 unspecified atom stereocenters. The van der Waals surface area contributed by atoms with Gasteiger partial charge in [0.15, 0.2) is 0 Å². The number of amides is 1. The number of allylic oxidation sites excluding steroid dienone is 7. The van der Waals surface area contributed by atoms with Crippen LogP contribution in [0.3, 0.4) is 0 Å². The van der Waals surface area contributed by atoms with E-state index in [-0.39, 0.29) is 31.5 Å². The molecule has 0 saturated heterocycles. The van der Waals surface area contributed by atoms with Gasteiger partial charge in [-0.05, 0) is 89.5 Å². The van der Waals surface area contributed by atoms with E-state index in [1.54, 1.807) is 0 Å². The molecule has 0 aromatic rings. The second kappa shape index (κ2) is 64.9. The highest BCUT2D eigenvalue weighted by atomic mass is 31.2. The Hall–Kier alpha value is -2.03. The molecule has 0 spiro atoms. The summed E-state index contributed by atoms with van der Waals surface area (Å²) in [5.74, 6) is -0.524. The highest BCUT2D eigenvalue weighted by molar-refractivity contribution is 7.45. The van der Waals surface area contributed by atoms with Gasteiger partial charge in [-0.2, -0.15) is 0 Å². The second-order valence-corrected chi connectivity index (χ2v) is 27.9. The van der Waals surface area contributed by atoms with E-state index in [2.05, 4.69) is 62.5 Å². The predicted molar refractivity (Wildman–Crippen MR) is 367 cm³/mol. The molecule has 0 bridgehead atoms. The topological polar surface area (TPSA) is 114 Å². The summed E-state index contributed by atoms with van der Waals surface area (Å²) < 4.78 is 30.5. The third-order valence-electron chi connectivity index (χ3n) is 16.7. The molecule has 0 fully saturated rings. The normalized spacial score (nSPS) is 13.7. The summed E-state index contributed by atoms with van der Waals surface area (Å²) in [6.07, 6.45) is 82.3. The van der Waals surface area contributed by atoms with Crippen molar-refractivity contribution in [3.8, 4) is 0 Å². The molecule has 3 atom stereocenters. The van der Waals surface area contributed by atoms with Crippen molar-refractivity contribution in [3.63, 3.8) is 0 Å². The number of nitrogens with one attached hydrogen (secondary N) is 1. The zero-order valence-electron chi connectivity index (χ0n) is 57.3. The highest BCUT2D eigenvalue weighted by Gasteiger charge is 2.27. The molecular weight excluding hydrogens is 1070 g/mol. The molecular formula is C75H143N2O7P. The van der Waals surface area contributed by atoms with Crippen LogP contribution in [-0.2, 0) is 27.9 Å². The van der Waals surface area contributed by atoms with E-state index in [9.17, 15) is 19.0 Å². The molecule has 0 aromatic carbocycles. The Morgan fingerprint density at radius 2 is 0.718 bits per heavy atom. The lowest BCUT2D eigenvalue weighted by Crippen LogP contribution is -2.47. The van der Waals surface area contributed by atoms with Crippen LogP contribution < -0.4 is 10.2 Å². The van der Waals surface area contributed by atoms with Gasteiger partial charge in [-0.3, -0.25) is 14.2 Å². The van der Waals surface area contributed by atoms with Gasteiger partial charge in [-0.15, -0.1) is 0 Å². The Bertz CT molecular complexity index is 1590. The zero-order valence-corrected chi connectivity index (χ0v) is 58.2. The molecule has 0 radical (unpaired) electrons. The molecule has 1 N–H and O–H groups in total. The molecule has 0 aromatic heterocycles. The molecule has 0 saturated carbocycles. The van der Waals surface area contributed by atoms with Gasteiger partial charge in [0.2, 0.25) is 5.91 Å². The number of rotatable bonds is 68. The second-order valence-electron chi connectivity index (χ2n) is 26.4. The highest BCUT2D eigenvalue weighted by Crippen LogP contribution is 2.38. The fraction of sp³-hybridized carbons (Fsp3) is 0.867. The van der Waals surface area contributed by atoms with Gasteiger partial charge in [0.05, 0.1) is 33.8 Å². The summed E-state index contributed by atoms with van der Waals surface area (Å²) in [5, 5.41) is 3.05. The molecule has 0 aliphatic carbocycles. The van der Waals surface area contributed by atoms with Gasteiger partial charge in [0.1, 0.15) is 19.3 Å². The van der Waals surface area contributed by atoms with E-state index in [0.717, 1.165) is 64.2 Å². The smallest absolute Gasteiger partial charge is 0.306 e. The summed E-state index contributed by atoms with van der Waals surface area (Å²) in [5.41, 5.74) is 0. The number of phosphoric ester groups is 1. The quantitative estimate of drug-likeness (QED) is 0.0212. The van der Waals surface area contributed by atoms with E-state index in [4.69, 9.17) is 13.8 Å². The van der Waals surface area contributed by atoms with Crippen molar-refractivity contribution in [1.29, 1.82) is 0 Å². The largest absolute Gasteiger partial charge is 0.756 e. The SMILES string of the molecule is CCCCC/C=C\C/C=C\CCCCCCCCCCCCCCCC(=O)NC(COP(=O)([O-])OCC[N+](C)(C)C)C(/C=C/CCCCCCCCCCCCC)OC(=O)CCCCCCCCCCCCCCC/C=C/CCCCCCCC. The van der Waals surface area contributed by atoms with Crippen LogP contribution in [0.5, 0.6) is 0 Å². The van der Waals surface area contributed by atoms with Crippen LogP contribution in [0.2, 0.25) is 0 Å². The van der Waals surface area contributed by atoms with Gasteiger partial charge in [0.25, 0.3) is 7.82 Å². The average molecular weight is 1220 g/mol. The van der Waals surface area contributed by atoms with E-state index in [0.29, 0.717) is 17.4 Å². The third kappa shape index (κ3) is 66.2. The zero-order chi connectivity index (χ0) is 62.1. The predicted octanol–water partition coefficient (Wildman–Crippen LogP) is 22.9. The van der Waals surface area contributed by atoms with E-state index < -0.39 is 20.0 Å². The van der Waals surface area contributed by atoms with Crippen molar-refractivity contribution in [2.45, 2.75) is 380 Å². The molecule has 0 aliphatic rings. The number of unbranched alkanes of at least 4 members (excludes halogenated alkanes) is 46. The number of hydrogen-bond donors (Lipinski definition) is 1. The van der Waals surface area contributed by atoms with Gasteiger partial charge >= 0.3 is 5.97 Å². The Kier molecular flexibility index (Phi) is 63.4. The summed E-state index contributed by atoms with van der Waals surface area (Å²) in [4.78, 5) is 40.3. The first-order valence-corrected chi connectivity index (χ1v) is 38.4. The first kappa shape index (κ1) is 83.0. The third-order valence-corrected chi connectivity index (χ3v) is 17.7. The van der Waals surface area contributed by atoms with Gasteiger partial charge in [0, 0.05) is 12.8 Å². The van der Waals surface area contributed by atoms with Crippen LogP contribution in [0.4, 0.5) is 0 Å². The number of likely N-dealkylation sites (N-methyl/N-ethyl adjacent to an activating group) is 1. The molecule has 0 heterocycles. The minimum absolute atomic E-state index is 0.0207. The molecule has 0 aliphatic heterocycles. The van der Waals surface area contributed by atoms with Crippen molar-refractivity contribution in [2.24, 2.45) is 0 Å². The standard InChI is InChI=1S/C75H143N2O7P/c1-7-10-13-16-19-22-25-28-30-32-34-36-38-40-42-44-46-49-52-55-58-61-64-67-74(78)76-72(71-83-85(80,81)82-70-69-77(4,5)6)73(66-63-60-57-54-51-48-27-24-21-18-15-12-9-3)84-75(79)68-65-62-59-56-53-50-47-45-43-41-39-37-35-33-31-29-26-23-20-17-14-11-8-2/h19,22,28-31,63,66,72-73H,7-18,20-21,23-27,32-62,64-65,67-71H2,1-6H3,(H-,76,78,80,81)/b22-19-,30-28-,31-29+,66-63+. The monoisotopic (exact) mass is 1220 g/mol. The Morgan fingerprint density at radius 1 is 0.412 bits per heavy atom. The average Bonchev–Trinajstić information content (AvgIpc) is 3.52. The summed E-state index contributed by atoms with van der Waals surface area (Å²) in [6, 6.07) is -0.888. The van der Waals surface area contributed by atoms with Crippen molar-refractivity contribution < 1.29 is 37.3 Å². The van der Waals surface area contributed by atoms with Gasteiger partial charge in [-0.1, -0.05) is 314 Å². The fourth-order valence-electron chi connectivity index (χ4n) is 11.0. The lowest BCUT2D eigenvalue weighted by atomic mass is 10.0. The lowest BCUT2D eigenvalue weighted by Gasteiger charge is -2.30. The maximum absolute atomic E-state index is 13.6. The van der Waals surface area contributed by atoms with E-state index in [1.807, 2.05) is 33.3 Å². The number of hydrogen-bond acceptors (Lipinski definition) is 7. The van der Waals surface area contributed by atoms with Crippen LogP contribution in [0.15, 0.2) is 48.6 Å². The first-order chi connectivity index (χ1) is 41.4. The molecule has 10 heteroatoms. The molecule has 85 heavy (non-hydrogen) atoms. The Balaban J connectivity index is 5.05. The number of nitrogens with zero attached hydrogens (tertiary/aromatic N) is 1. The van der Waals surface area contributed by atoms with Crippen LogP contribution in [-0.4, -0.2) is 69.4 Å². The van der Waals surface area contributed by atoms with Gasteiger partial charge < -0.3 is 28.5 Å². The number of phosphoric acid groups is 1. The van der Waals surface area contributed by atoms with E-state index >= 15 is 0 Å². The lowest BCUT2D eigenvalue weighted by molar-refractivity contribution is -0.870. The summed E-state index contributed by atoms with van der Waals surface area (Å²) >= 11 is 0. The fourth-order valence-corrected chi connectivity index (χ4v) is 11.7. The van der Waals surface area contributed by atoms with Crippen LogP contribution in [0.25, 0.3) is 0 Å². The van der Waals surface area contributed by atoms with Crippen LogP contribution >= 0.6 is 7.82 Å². The molecule has 500 valence electrons. The van der Waals surface area contributed by atoms with Crippen molar-refractivity contribution in [1.82, 2.24) is 5.32 Å². The maximum Gasteiger partial charge on any atom is 0.306 e. The number of quaternary nitrogens is 1. The number of carbonyl (C=O) groups is 2. The first-order valence-electron chi connectivity index (χ1n) is 36.9. The molecule has 9 nitrogen and oxygen atoms in total. The van der Waals surface area contributed by atoms with Crippen molar-refractivity contribution in [3.05, 3.63) is 48.6 Å². The van der Waals surface area contributed by atoms with Crippen LogP contribution in [0.1, 0.15) is 367 Å². The minimum Gasteiger partial charge on any atom is -0.756 e. The summed E-state index contributed by atoms with van der Waals surface area (Å²) in [6.45, 7) is 6.88. The maximum atomic E-state index is 13.6. The molecule has 1 amide bonds. The minimum atomic E-state index is -4.70. The van der Waals surface area contributed by atoms with Crippen LogP contribution in [0, 0.1) is 0 Å². The van der Waals surface area contributed by atoms with Crippen molar-refractivity contribution >= 4 is 19.7 Å². The number of carbonyl (C=O) groups excluding carboxylic acids is 2. The number of ether oxygens (including phenoxy) is 1.